The highest BCUT2D eigenvalue weighted by atomic mass is 16.5. The Kier molecular flexibility index (Phi) is 9.12. The highest BCUT2D eigenvalue weighted by molar-refractivity contribution is 5.89. The normalized spacial score (nSPS) is 11.9. The molecule has 190 valence electrons. The number of carbonyl (C=O) groups is 2. The van der Waals surface area contributed by atoms with Gasteiger partial charge >= 0.3 is 0 Å². The molecule has 3 aromatic carbocycles. The minimum Gasteiger partial charge on any atom is -0.493 e. The number of rotatable bonds is 10. The third kappa shape index (κ3) is 7.87. The Labute approximate surface area is 214 Å². The van der Waals surface area contributed by atoms with E-state index in [0.717, 1.165) is 16.7 Å². The van der Waals surface area contributed by atoms with Crippen molar-refractivity contribution >= 4 is 11.8 Å². The van der Waals surface area contributed by atoms with E-state index in [1.165, 1.54) is 0 Å². The zero-order valence-corrected chi connectivity index (χ0v) is 21.8. The van der Waals surface area contributed by atoms with Crippen LogP contribution < -0.4 is 14.8 Å². The smallest absolute Gasteiger partial charge is 0.261 e. The third-order valence-electron chi connectivity index (χ3n) is 5.66. The summed E-state index contributed by atoms with van der Waals surface area (Å²) in [6.07, 6.45) is 0.384. The average molecular weight is 489 g/mol. The van der Waals surface area contributed by atoms with Gasteiger partial charge < -0.3 is 19.7 Å². The van der Waals surface area contributed by atoms with Crippen LogP contribution in [0.2, 0.25) is 0 Å². The standard InChI is InChI=1S/C30H36N2O4/c1-22-15-17-24(18-16-22)20-32(28(33)21-36-27-14-10-9-13-26(27)35-5)25(29(34)31-30(2,3)4)19-23-11-7-6-8-12-23/h6-18,25H,19-21H2,1-5H3,(H,31,34)/t25-/m1/s1. The van der Waals surface area contributed by atoms with Crippen LogP contribution in [0.15, 0.2) is 78.9 Å². The molecule has 2 amide bonds. The first-order valence-electron chi connectivity index (χ1n) is 12.1. The number of nitrogens with zero attached hydrogens (tertiary/aromatic N) is 1. The number of amides is 2. The number of hydrogen-bond acceptors (Lipinski definition) is 4. The Balaban J connectivity index is 1.93. The van der Waals surface area contributed by atoms with Crippen molar-refractivity contribution < 1.29 is 19.1 Å². The van der Waals surface area contributed by atoms with Crippen LogP contribution in [-0.2, 0) is 22.6 Å². The lowest BCUT2D eigenvalue weighted by molar-refractivity contribution is -0.143. The molecule has 0 radical (unpaired) electrons. The van der Waals surface area contributed by atoms with Gasteiger partial charge in [-0.2, -0.15) is 0 Å². The molecule has 3 aromatic rings. The molecule has 6 heteroatoms. The molecule has 36 heavy (non-hydrogen) atoms. The topological polar surface area (TPSA) is 67.9 Å². The van der Waals surface area contributed by atoms with Crippen molar-refractivity contribution in [2.75, 3.05) is 13.7 Å². The highest BCUT2D eigenvalue weighted by Gasteiger charge is 2.32. The summed E-state index contributed by atoms with van der Waals surface area (Å²) in [7, 11) is 1.56. The summed E-state index contributed by atoms with van der Waals surface area (Å²) in [4.78, 5) is 28.9. The number of nitrogens with one attached hydrogen (secondary N) is 1. The highest BCUT2D eigenvalue weighted by Crippen LogP contribution is 2.26. The van der Waals surface area contributed by atoms with E-state index >= 15 is 0 Å². The van der Waals surface area contributed by atoms with Crippen LogP contribution in [-0.4, -0.2) is 42.0 Å². The van der Waals surface area contributed by atoms with Crippen molar-refractivity contribution in [3.05, 3.63) is 95.6 Å². The fourth-order valence-corrected chi connectivity index (χ4v) is 3.86. The summed E-state index contributed by atoms with van der Waals surface area (Å²) in [6.45, 7) is 7.87. The molecule has 0 aromatic heterocycles. The van der Waals surface area contributed by atoms with E-state index in [0.29, 0.717) is 17.9 Å². The van der Waals surface area contributed by atoms with Gasteiger partial charge in [-0.15, -0.1) is 0 Å². The largest absolute Gasteiger partial charge is 0.493 e. The molecule has 6 nitrogen and oxygen atoms in total. The molecule has 1 atom stereocenters. The van der Waals surface area contributed by atoms with Crippen LogP contribution in [0.5, 0.6) is 11.5 Å². The summed E-state index contributed by atoms with van der Waals surface area (Å²) in [5, 5.41) is 3.07. The quantitative estimate of drug-likeness (QED) is 0.439. The molecule has 0 saturated carbocycles. The van der Waals surface area contributed by atoms with E-state index in [1.54, 1.807) is 24.1 Å². The zero-order chi connectivity index (χ0) is 26.1. The minimum absolute atomic E-state index is 0.205. The molecular formula is C30H36N2O4. The van der Waals surface area contributed by atoms with Gasteiger partial charge in [0.05, 0.1) is 7.11 Å². The van der Waals surface area contributed by atoms with E-state index in [9.17, 15) is 9.59 Å². The van der Waals surface area contributed by atoms with Gasteiger partial charge in [0.2, 0.25) is 5.91 Å². The maximum atomic E-state index is 13.7. The molecule has 0 fully saturated rings. The second-order valence-corrected chi connectivity index (χ2v) is 9.89. The molecule has 0 spiro atoms. The van der Waals surface area contributed by atoms with Gasteiger partial charge in [-0.05, 0) is 51.0 Å². The van der Waals surface area contributed by atoms with Gasteiger partial charge in [0.1, 0.15) is 6.04 Å². The van der Waals surface area contributed by atoms with Crippen LogP contribution in [0.4, 0.5) is 0 Å². The first-order valence-corrected chi connectivity index (χ1v) is 12.1. The zero-order valence-electron chi connectivity index (χ0n) is 21.8. The predicted molar refractivity (Wildman–Crippen MR) is 142 cm³/mol. The maximum Gasteiger partial charge on any atom is 0.261 e. The van der Waals surface area contributed by atoms with Crippen LogP contribution in [0.25, 0.3) is 0 Å². The first-order chi connectivity index (χ1) is 17.2. The summed E-state index contributed by atoms with van der Waals surface area (Å²) < 4.78 is 11.2. The van der Waals surface area contributed by atoms with Gasteiger partial charge in [-0.3, -0.25) is 9.59 Å². The molecule has 0 saturated heterocycles. The number of benzene rings is 3. The fraction of sp³-hybridized carbons (Fsp3) is 0.333. The molecule has 3 rings (SSSR count). The lowest BCUT2D eigenvalue weighted by Gasteiger charge is -2.33. The van der Waals surface area contributed by atoms with Crippen LogP contribution in [0.1, 0.15) is 37.5 Å². The lowest BCUT2D eigenvalue weighted by Crippen LogP contribution is -2.55. The summed E-state index contributed by atoms with van der Waals surface area (Å²) in [6, 6.07) is 24.2. The molecule has 0 unspecified atom stereocenters. The van der Waals surface area contributed by atoms with Crippen molar-refractivity contribution in [3.8, 4) is 11.5 Å². The fourth-order valence-electron chi connectivity index (χ4n) is 3.86. The number of methoxy groups -OCH3 is 1. The van der Waals surface area contributed by atoms with E-state index in [2.05, 4.69) is 5.32 Å². The van der Waals surface area contributed by atoms with Crippen molar-refractivity contribution in [1.29, 1.82) is 0 Å². The number of para-hydroxylation sites is 2. The monoisotopic (exact) mass is 488 g/mol. The number of carbonyl (C=O) groups excluding carboxylic acids is 2. The molecular weight excluding hydrogens is 452 g/mol. The van der Waals surface area contributed by atoms with Gasteiger partial charge in [0, 0.05) is 18.5 Å². The summed E-state index contributed by atoms with van der Waals surface area (Å²) in [5.41, 5.74) is 2.59. The van der Waals surface area contributed by atoms with Gasteiger partial charge in [-0.1, -0.05) is 72.3 Å². The Hall–Kier alpha value is -3.80. The van der Waals surface area contributed by atoms with Gasteiger partial charge in [0.25, 0.3) is 5.91 Å². The van der Waals surface area contributed by atoms with Crippen LogP contribution >= 0.6 is 0 Å². The van der Waals surface area contributed by atoms with Gasteiger partial charge in [0.15, 0.2) is 18.1 Å². The predicted octanol–water partition coefficient (Wildman–Crippen LogP) is 4.94. The Morgan fingerprint density at radius 1 is 0.861 bits per heavy atom. The maximum absolute atomic E-state index is 13.7. The number of ether oxygens (including phenoxy) is 2. The van der Waals surface area contributed by atoms with Crippen molar-refractivity contribution in [2.45, 2.75) is 52.2 Å². The molecule has 1 N–H and O–H groups in total. The van der Waals surface area contributed by atoms with Crippen molar-refractivity contribution in [1.82, 2.24) is 10.2 Å². The average Bonchev–Trinajstić information content (AvgIpc) is 2.85. The molecule has 0 aliphatic heterocycles. The van der Waals surface area contributed by atoms with E-state index < -0.39 is 11.6 Å². The Bertz CT molecular complexity index is 1140. The minimum atomic E-state index is -0.721. The van der Waals surface area contributed by atoms with Crippen molar-refractivity contribution in [3.63, 3.8) is 0 Å². The molecule has 0 heterocycles. The number of aryl methyl sites for hydroxylation is 1. The van der Waals surface area contributed by atoms with E-state index in [-0.39, 0.29) is 25.0 Å². The first kappa shape index (κ1) is 26.8. The second kappa shape index (κ2) is 12.2. The molecule has 0 bridgehead atoms. The number of hydrogen-bond donors (Lipinski definition) is 1. The SMILES string of the molecule is COc1ccccc1OCC(=O)N(Cc1ccc(C)cc1)[C@H](Cc1ccccc1)C(=O)NC(C)(C)C. The van der Waals surface area contributed by atoms with E-state index in [1.807, 2.05) is 94.4 Å². The lowest BCUT2D eigenvalue weighted by atomic mass is 10.0. The Morgan fingerprint density at radius 3 is 2.08 bits per heavy atom. The summed E-state index contributed by atoms with van der Waals surface area (Å²) >= 11 is 0. The second-order valence-electron chi connectivity index (χ2n) is 9.89. The van der Waals surface area contributed by atoms with Gasteiger partial charge in [-0.25, -0.2) is 0 Å². The van der Waals surface area contributed by atoms with Crippen LogP contribution in [0.3, 0.4) is 0 Å². The molecule has 0 aliphatic carbocycles. The molecule has 0 aliphatic rings. The van der Waals surface area contributed by atoms with Crippen LogP contribution in [0, 0.1) is 6.92 Å². The summed E-state index contributed by atoms with van der Waals surface area (Å²) in [5.74, 6) is 0.527. The van der Waals surface area contributed by atoms with Crippen molar-refractivity contribution in [2.24, 2.45) is 0 Å². The third-order valence-corrected chi connectivity index (χ3v) is 5.66. The Morgan fingerprint density at radius 2 is 1.47 bits per heavy atom. The van der Waals surface area contributed by atoms with E-state index in [4.69, 9.17) is 9.47 Å².